The second-order valence-electron chi connectivity index (χ2n) is 5.78. The van der Waals surface area contributed by atoms with Crippen molar-refractivity contribution in [1.82, 2.24) is 0 Å². The summed E-state index contributed by atoms with van der Waals surface area (Å²) in [7, 11) is 0. The number of halogens is 1. The minimum absolute atomic E-state index is 0.224. The molecule has 2 aromatic carbocycles. The molecular weight excluding hydrogens is 338 g/mol. The Balaban J connectivity index is 1.64. The van der Waals surface area contributed by atoms with Gasteiger partial charge in [-0.2, -0.15) is 0 Å². The standard InChI is InChI=1S/C20H18ClNO3/c1-13-4-3-5-16(10-13)24-12-17-8-9-19(25-17)20(23)22-18-11-15(21)7-6-14(18)2/h3-11H,12H2,1-2H3,(H,22,23). The first-order valence-electron chi connectivity index (χ1n) is 7.87. The van der Waals surface area contributed by atoms with Gasteiger partial charge in [0.25, 0.3) is 5.91 Å². The van der Waals surface area contributed by atoms with Crippen LogP contribution in [0.3, 0.4) is 0 Å². The van der Waals surface area contributed by atoms with E-state index in [0.717, 1.165) is 16.9 Å². The number of amides is 1. The van der Waals surface area contributed by atoms with Crippen molar-refractivity contribution in [2.75, 3.05) is 5.32 Å². The molecule has 3 rings (SSSR count). The number of benzene rings is 2. The lowest BCUT2D eigenvalue weighted by Crippen LogP contribution is -2.11. The quantitative estimate of drug-likeness (QED) is 0.668. The van der Waals surface area contributed by atoms with Gasteiger partial charge in [0.2, 0.25) is 0 Å². The number of carbonyl (C=O) groups excluding carboxylic acids is 1. The number of nitrogens with one attached hydrogen (secondary N) is 1. The van der Waals surface area contributed by atoms with Crippen LogP contribution in [0.5, 0.6) is 5.75 Å². The highest BCUT2D eigenvalue weighted by Crippen LogP contribution is 2.21. The van der Waals surface area contributed by atoms with Crippen molar-refractivity contribution in [2.24, 2.45) is 0 Å². The van der Waals surface area contributed by atoms with Gasteiger partial charge in [-0.05, 0) is 61.4 Å². The SMILES string of the molecule is Cc1cccc(OCc2ccc(C(=O)Nc3cc(Cl)ccc3C)o2)c1. The molecule has 0 saturated heterocycles. The van der Waals surface area contributed by atoms with Gasteiger partial charge < -0.3 is 14.5 Å². The Bertz CT molecular complexity index is 901. The van der Waals surface area contributed by atoms with Crippen LogP contribution in [0.4, 0.5) is 5.69 Å². The molecule has 0 aliphatic heterocycles. The highest BCUT2D eigenvalue weighted by Gasteiger charge is 2.13. The molecule has 128 valence electrons. The zero-order chi connectivity index (χ0) is 17.8. The summed E-state index contributed by atoms with van der Waals surface area (Å²) < 4.78 is 11.2. The molecule has 1 amide bonds. The number of furan rings is 1. The largest absolute Gasteiger partial charge is 0.486 e. The smallest absolute Gasteiger partial charge is 0.291 e. The lowest BCUT2D eigenvalue weighted by Gasteiger charge is -2.07. The van der Waals surface area contributed by atoms with Crippen LogP contribution in [0.25, 0.3) is 0 Å². The van der Waals surface area contributed by atoms with Crippen molar-refractivity contribution < 1.29 is 13.9 Å². The number of aryl methyl sites for hydroxylation is 2. The Kier molecular flexibility index (Phi) is 5.10. The highest BCUT2D eigenvalue weighted by molar-refractivity contribution is 6.31. The minimum atomic E-state index is -0.327. The number of ether oxygens (including phenoxy) is 1. The normalized spacial score (nSPS) is 10.5. The molecule has 1 N–H and O–H groups in total. The Morgan fingerprint density at radius 1 is 1.12 bits per heavy atom. The van der Waals surface area contributed by atoms with Crippen molar-refractivity contribution >= 4 is 23.2 Å². The van der Waals surface area contributed by atoms with Crippen LogP contribution in [0, 0.1) is 13.8 Å². The summed E-state index contributed by atoms with van der Waals surface area (Å²) >= 11 is 5.97. The fourth-order valence-electron chi connectivity index (χ4n) is 2.35. The van der Waals surface area contributed by atoms with Crippen LogP contribution in [0.1, 0.15) is 27.4 Å². The molecule has 0 aliphatic carbocycles. The van der Waals surface area contributed by atoms with Crippen molar-refractivity contribution in [1.29, 1.82) is 0 Å². The highest BCUT2D eigenvalue weighted by atomic mass is 35.5. The van der Waals surface area contributed by atoms with Crippen molar-refractivity contribution in [3.63, 3.8) is 0 Å². The molecule has 0 bridgehead atoms. The predicted molar refractivity (Wildman–Crippen MR) is 98.4 cm³/mol. The Morgan fingerprint density at radius 3 is 2.76 bits per heavy atom. The van der Waals surface area contributed by atoms with Gasteiger partial charge in [0.05, 0.1) is 0 Å². The second kappa shape index (κ2) is 7.45. The molecule has 0 saturated carbocycles. The zero-order valence-electron chi connectivity index (χ0n) is 14.0. The van der Waals surface area contributed by atoms with Crippen LogP contribution in [0.2, 0.25) is 5.02 Å². The molecule has 0 aliphatic rings. The van der Waals surface area contributed by atoms with E-state index in [1.54, 1.807) is 24.3 Å². The predicted octanol–water partition coefficient (Wildman–Crippen LogP) is 5.38. The van der Waals surface area contributed by atoms with Crippen LogP contribution < -0.4 is 10.1 Å². The first kappa shape index (κ1) is 17.1. The van der Waals surface area contributed by atoms with E-state index in [-0.39, 0.29) is 18.3 Å². The van der Waals surface area contributed by atoms with E-state index >= 15 is 0 Å². The molecule has 25 heavy (non-hydrogen) atoms. The second-order valence-corrected chi connectivity index (χ2v) is 6.22. The molecule has 0 fully saturated rings. The fraction of sp³-hybridized carbons (Fsp3) is 0.150. The molecule has 3 aromatic rings. The van der Waals surface area contributed by atoms with Gasteiger partial charge in [-0.1, -0.05) is 29.8 Å². The maximum Gasteiger partial charge on any atom is 0.291 e. The summed E-state index contributed by atoms with van der Waals surface area (Å²) in [6, 6.07) is 16.4. The van der Waals surface area contributed by atoms with Crippen LogP contribution in [-0.4, -0.2) is 5.91 Å². The molecule has 5 heteroatoms. The van der Waals surface area contributed by atoms with Crippen LogP contribution in [-0.2, 0) is 6.61 Å². The van der Waals surface area contributed by atoms with Crippen molar-refractivity contribution in [3.8, 4) is 5.75 Å². The van der Waals surface area contributed by atoms with Gasteiger partial charge in [0.1, 0.15) is 18.1 Å². The molecular formula is C20H18ClNO3. The maximum atomic E-state index is 12.3. The van der Waals surface area contributed by atoms with E-state index in [2.05, 4.69) is 5.32 Å². The van der Waals surface area contributed by atoms with E-state index in [0.29, 0.717) is 16.5 Å². The van der Waals surface area contributed by atoms with E-state index in [9.17, 15) is 4.79 Å². The third-order valence-corrected chi connectivity index (χ3v) is 3.94. The molecule has 0 spiro atoms. The first-order chi connectivity index (χ1) is 12.0. The number of rotatable bonds is 5. The first-order valence-corrected chi connectivity index (χ1v) is 8.25. The summed E-state index contributed by atoms with van der Waals surface area (Å²) in [6.45, 7) is 4.15. The summed E-state index contributed by atoms with van der Waals surface area (Å²) in [5.41, 5.74) is 2.70. The number of carbonyl (C=O) groups is 1. The topological polar surface area (TPSA) is 51.5 Å². The Morgan fingerprint density at radius 2 is 1.96 bits per heavy atom. The number of anilines is 1. The summed E-state index contributed by atoms with van der Waals surface area (Å²) in [6.07, 6.45) is 0. The molecule has 0 unspecified atom stereocenters. The van der Waals surface area contributed by atoms with E-state index in [1.165, 1.54) is 0 Å². The van der Waals surface area contributed by atoms with Gasteiger partial charge in [-0.25, -0.2) is 0 Å². The minimum Gasteiger partial charge on any atom is -0.486 e. The van der Waals surface area contributed by atoms with Gasteiger partial charge in [-0.15, -0.1) is 0 Å². The van der Waals surface area contributed by atoms with E-state index in [4.69, 9.17) is 20.8 Å². The van der Waals surface area contributed by atoms with Crippen LogP contribution >= 0.6 is 11.6 Å². The fourth-order valence-corrected chi connectivity index (χ4v) is 2.52. The molecule has 0 atom stereocenters. The average Bonchev–Trinajstić information content (AvgIpc) is 3.05. The van der Waals surface area contributed by atoms with Gasteiger partial charge in [0.15, 0.2) is 5.76 Å². The summed E-state index contributed by atoms with van der Waals surface area (Å²) in [5.74, 6) is 1.24. The zero-order valence-corrected chi connectivity index (χ0v) is 14.8. The Labute approximate surface area is 151 Å². The van der Waals surface area contributed by atoms with Gasteiger partial charge in [-0.3, -0.25) is 4.79 Å². The van der Waals surface area contributed by atoms with Gasteiger partial charge in [0, 0.05) is 10.7 Å². The molecule has 1 aromatic heterocycles. The monoisotopic (exact) mass is 355 g/mol. The van der Waals surface area contributed by atoms with E-state index in [1.807, 2.05) is 44.2 Å². The molecule has 1 heterocycles. The lowest BCUT2D eigenvalue weighted by molar-refractivity contribution is 0.0992. The third-order valence-electron chi connectivity index (χ3n) is 3.70. The number of hydrogen-bond acceptors (Lipinski definition) is 3. The Hall–Kier alpha value is -2.72. The summed E-state index contributed by atoms with van der Waals surface area (Å²) in [5, 5.41) is 3.37. The maximum absolute atomic E-state index is 12.3. The van der Waals surface area contributed by atoms with Crippen molar-refractivity contribution in [2.45, 2.75) is 20.5 Å². The van der Waals surface area contributed by atoms with Crippen molar-refractivity contribution in [3.05, 3.63) is 82.3 Å². The number of hydrogen-bond donors (Lipinski definition) is 1. The van der Waals surface area contributed by atoms with Gasteiger partial charge >= 0.3 is 0 Å². The third kappa shape index (κ3) is 4.43. The summed E-state index contributed by atoms with van der Waals surface area (Å²) in [4.78, 5) is 12.3. The molecule has 4 nitrogen and oxygen atoms in total. The lowest BCUT2D eigenvalue weighted by atomic mass is 10.2. The van der Waals surface area contributed by atoms with E-state index < -0.39 is 0 Å². The molecule has 0 radical (unpaired) electrons. The average molecular weight is 356 g/mol. The van der Waals surface area contributed by atoms with Crippen LogP contribution in [0.15, 0.2) is 59.0 Å².